The number of hydrogen-bond acceptors (Lipinski definition) is 3. The summed E-state index contributed by atoms with van der Waals surface area (Å²) in [7, 11) is 0. The number of nitrogens with one attached hydrogen (secondary N) is 1. The second-order valence-corrected chi connectivity index (χ2v) is 5.47. The van der Waals surface area contributed by atoms with Gasteiger partial charge < -0.3 is 5.32 Å². The van der Waals surface area contributed by atoms with Crippen LogP contribution < -0.4 is 5.32 Å². The lowest BCUT2D eigenvalue weighted by atomic mass is 10.2. The molecule has 1 N–H and O–H groups in total. The van der Waals surface area contributed by atoms with Crippen LogP contribution in [0.3, 0.4) is 0 Å². The number of nitrogens with zero attached hydrogens (tertiary/aromatic N) is 2. The average molecular weight is 342 g/mol. The molecular weight excluding hydrogens is 328 g/mol. The largest absolute Gasteiger partial charge is 0.310 e. The van der Waals surface area contributed by atoms with Crippen LogP contribution in [0.5, 0.6) is 0 Å². The molecule has 0 aliphatic heterocycles. The summed E-state index contributed by atoms with van der Waals surface area (Å²) < 4.78 is 26.6. The topological polar surface area (TPSA) is 37.8 Å². The summed E-state index contributed by atoms with van der Waals surface area (Å²) in [5, 5.41) is 3.25. The van der Waals surface area contributed by atoms with Crippen molar-refractivity contribution in [1.82, 2.24) is 15.3 Å². The summed E-state index contributed by atoms with van der Waals surface area (Å²) in [5.41, 5.74) is 1.36. The molecule has 0 fully saturated rings. The van der Waals surface area contributed by atoms with E-state index in [1.807, 2.05) is 13.8 Å². The first-order valence-corrected chi connectivity index (χ1v) is 6.96. The average Bonchev–Trinajstić information content (AvgIpc) is 2.43. The summed E-state index contributed by atoms with van der Waals surface area (Å²) in [5.74, 6) is -1.49. The molecular formula is C14H14BrF2N3. The Kier molecular flexibility index (Phi) is 4.77. The molecule has 0 unspecified atom stereocenters. The predicted octanol–water partition coefficient (Wildman–Crippen LogP) is 3.68. The van der Waals surface area contributed by atoms with Gasteiger partial charge in [0, 0.05) is 36.1 Å². The lowest BCUT2D eigenvalue weighted by Gasteiger charge is -2.08. The zero-order valence-corrected chi connectivity index (χ0v) is 12.7. The summed E-state index contributed by atoms with van der Waals surface area (Å²) >= 11 is 3.03. The van der Waals surface area contributed by atoms with Crippen LogP contribution in [-0.4, -0.2) is 16.0 Å². The fraction of sp³-hybridized carbons (Fsp3) is 0.286. The van der Waals surface area contributed by atoms with E-state index in [1.54, 1.807) is 12.4 Å². The van der Waals surface area contributed by atoms with E-state index in [-0.39, 0.29) is 4.47 Å². The van der Waals surface area contributed by atoms with Crippen LogP contribution >= 0.6 is 15.9 Å². The van der Waals surface area contributed by atoms with E-state index in [0.29, 0.717) is 24.0 Å². The van der Waals surface area contributed by atoms with E-state index < -0.39 is 11.6 Å². The number of benzene rings is 1. The van der Waals surface area contributed by atoms with Gasteiger partial charge in [0.1, 0.15) is 0 Å². The number of hydrogen-bond donors (Lipinski definition) is 1. The van der Waals surface area contributed by atoms with Crippen molar-refractivity contribution in [3.05, 3.63) is 46.2 Å². The van der Waals surface area contributed by atoms with Gasteiger partial charge in [-0.05, 0) is 28.1 Å². The zero-order chi connectivity index (χ0) is 14.7. The van der Waals surface area contributed by atoms with Gasteiger partial charge in [-0.1, -0.05) is 13.8 Å². The summed E-state index contributed by atoms with van der Waals surface area (Å²) in [6.07, 6.45) is 3.34. The predicted molar refractivity (Wildman–Crippen MR) is 77.1 cm³/mol. The van der Waals surface area contributed by atoms with E-state index in [2.05, 4.69) is 31.2 Å². The van der Waals surface area contributed by atoms with Crippen molar-refractivity contribution >= 4 is 15.9 Å². The van der Waals surface area contributed by atoms with E-state index in [4.69, 9.17) is 0 Å². The standard InChI is InChI=1S/C14H14BrF2N3/c1-8(2)18-5-9-6-19-14(20-7-9)10-3-4-11(16)13(17)12(10)15/h3-4,6-8,18H,5H2,1-2H3. The number of rotatable bonds is 4. The van der Waals surface area contributed by atoms with Gasteiger partial charge in [-0.15, -0.1) is 0 Å². The molecule has 1 aromatic carbocycles. The number of halogens is 3. The van der Waals surface area contributed by atoms with E-state index in [1.165, 1.54) is 6.07 Å². The van der Waals surface area contributed by atoms with Gasteiger partial charge in [0.05, 0.1) is 4.47 Å². The maximum Gasteiger partial charge on any atom is 0.173 e. The molecule has 0 bridgehead atoms. The molecule has 0 aliphatic rings. The third-order valence-electron chi connectivity index (χ3n) is 2.70. The maximum absolute atomic E-state index is 13.5. The smallest absolute Gasteiger partial charge is 0.173 e. The minimum absolute atomic E-state index is 0.0329. The second-order valence-electron chi connectivity index (χ2n) is 4.67. The van der Waals surface area contributed by atoms with Crippen LogP contribution in [0.2, 0.25) is 0 Å². The van der Waals surface area contributed by atoms with E-state index in [9.17, 15) is 8.78 Å². The van der Waals surface area contributed by atoms with Gasteiger partial charge in [-0.2, -0.15) is 0 Å². The molecule has 106 valence electrons. The molecule has 0 amide bonds. The molecule has 1 aromatic heterocycles. The Morgan fingerprint density at radius 2 is 1.85 bits per heavy atom. The van der Waals surface area contributed by atoms with Crippen LogP contribution in [0.25, 0.3) is 11.4 Å². The Labute approximate surface area is 124 Å². The van der Waals surface area contributed by atoms with Gasteiger partial charge in [-0.25, -0.2) is 18.7 Å². The molecule has 0 radical (unpaired) electrons. The number of aromatic nitrogens is 2. The Morgan fingerprint density at radius 1 is 1.20 bits per heavy atom. The van der Waals surface area contributed by atoms with Crippen LogP contribution in [0.4, 0.5) is 8.78 Å². The van der Waals surface area contributed by atoms with Crippen molar-refractivity contribution in [2.45, 2.75) is 26.4 Å². The normalized spacial score (nSPS) is 11.1. The van der Waals surface area contributed by atoms with E-state index in [0.717, 1.165) is 11.6 Å². The maximum atomic E-state index is 13.5. The molecule has 2 rings (SSSR count). The van der Waals surface area contributed by atoms with Gasteiger partial charge in [0.25, 0.3) is 0 Å². The second kappa shape index (κ2) is 6.37. The summed E-state index contributed by atoms with van der Waals surface area (Å²) in [4.78, 5) is 8.38. The van der Waals surface area contributed by atoms with Gasteiger partial charge in [-0.3, -0.25) is 0 Å². The van der Waals surface area contributed by atoms with E-state index >= 15 is 0 Å². The molecule has 0 spiro atoms. The Morgan fingerprint density at radius 3 is 2.45 bits per heavy atom. The molecule has 1 heterocycles. The molecule has 6 heteroatoms. The molecule has 0 atom stereocenters. The van der Waals surface area contributed by atoms with Crippen molar-refractivity contribution < 1.29 is 8.78 Å². The quantitative estimate of drug-likeness (QED) is 0.862. The highest BCUT2D eigenvalue weighted by Gasteiger charge is 2.14. The van der Waals surface area contributed by atoms with Crippen molar-refractivity contribution in [2.75, 3.05) is 0 Å². The Balaban J connectivity index is 2.24. The minimum Gasteiger partial charge on any atom is -0.310 e. The lowest BCUT2D eigenvalue weighted by molar-refractivity contribution is 0.504. The monoisotopic (exact) mass is 341 g/mol. The first-order valence-electron chi connectivity index (χ1n) is 6.17. The Bertz CT molecular complexity index is 600. The highest BCUT2D eigenvalue weighted by molar-refractivity contribution is 9.10. The SMILES string of the molecule is CC(C)NCc1cnc(-c2ccc(F)c(F)c2Br)nc1. The molecule has 2 aromatic rings. The zero-order valence-electron chi connectivity index (χ0n) is 11.1. The van der Waals surface area contributed by atoms with Gasteiger partial charge in [0.15, 0.2) is 17.5 Å². The van der Waals surface area contributed by atoms with Crippen LogP contribution in [-0.2, 0) is 6.54 Å². The minimum atomic E-state index is -0.934. The molecule has 0 aliphatic carbocycles. The van der Waals surface area contributed by atoms with Gasteiger partial charge in [0.2, 0.25) is 0 Å². The van der Waals surface area contributed by atoms with Crippen molar-refractivity contribution in [3.63, 3.8) is 0 Å². The van der Waals surface area contributed by atoms with Crippen molar-refractivity contribution in [1.29, 1.82) is 0 Å². The lowest BCUT2D eigenvalue weighted by Crippen LogP contribution is -2.21. The first kappa shape index (κ1) is 15.0. The van der Waals surface area contributed by atoms with Crippen LogP contribution in [0.15, 0.2) is 29.0 Å². The molecule has 0 saturated carbocycles. The van der Waals surface area contributed by atoms with Crippen LogP contribution in [0.1, 0.15) is 19.4 Å². The van der Waals surface area contributed by atoms with Crippen molar-refractivity contribution in [2.24, 2.45) is 0 Å². The summed E-state index contributed by atoms with van der Waals surface area (Å²) in [6, 6.07) is 2.88. The Hall–Kier alpha value is -1.40. The molecule has 3 nitrogen and oxygen atoms in total. The third-order valence-corrected chi connectivity index (χ3v) is 3.47. The first-order chi connectivity index (χ1) is 9.49. The molecule has 20 heavy (non-hydrogen) atoms. The highest BCUT2D eigenvalue weighted by atomic mass is 79.9. The van der Waals surface area contributed by atoms with Gasteiger partial charge >= 0.3 is 0 Å². The fourth-order valence-corrected chi connectivity index (χ4v) is 2.10. The molecule has 0 saturated heterocycles. The van der Waals surface area contributed by atoms with Crippen LogP contribution in [0, 0.1) is 11.6 Å². The fourth-order valence-electron chi connectivity index (χ4n) is 1.61. The highest BCUT2D eigenvalue weighted by Crippen LogP contribution is 2.29. The van der Waals surface area contributed by atoms with Crippen molar-refractivity contribution in [3.8, 4) is 11.4 Å². The third kappa shape index (κ3) is 3.37. The summed E-state index contributed by atoms with van der Waals surface area (Å²) in [6.45, 7) is 4.76.